The third kappa shape index (κ3) is 3.46. The van der Waals surface area contributed by atoms with E-state index >= 15 is 0 Å². The van der Waals surface area contributed by atoms with Gasteiger partial charge in [0.2, 0.25) is 5.43 Å². The van der Waals surface area contributed by atoms with Gasteiger partial charge in [0.05, 0.1) is 10.4 Å². The molecular formula is C19H16ClFN2O3. The summed E-state index contributed by atoms with van der Waals surface area (Å²) in [5.74, 6) is -1.24. The Bertz CT molecular complexity index is 1060. The van der Waals surface area contributed by atoms with Crippen molar-refractivity contribution < 1.29 is 13.9 Å². The molecule has 0 N–H and O–H groups in total. The van der Waals surface area contributed by atoms with Crippen LogP contribution < -0.4 is 5.43 Å². The van der Waals surface area contributed by atoms with Crippen LogP contribution in [0.4, 0.5) is 4.39 Å². The van der Waals surface area contributed by atoms with Gasteiger partial charge in [0.15, 0.2) is 0 Å². The van der Waals surface area contributed by atoms with E-state index in [0.717, 1.165) is 11.8 Å². The molecule has 0 fully saturated rings. The Kier molecular flexibility index (Phi) is 5.04. The standard InChI is InChI=1S/C19H16ClFN2O3/c1-3-23-9-15(17(24)14-7-4-11(2)22-18(14)23)19(25)26-10-12-5-6-13(21)8-16(12)20/h4-9H,3,10H2,1-2H3. The molecule has 0 aliphatic carbocycles. The van der Waals surface area contributed by atoms with E-state index in [2.05, 4.69) is 4.98 Å². The molecule has 0 bridgehead atoms. The first kappa shape index (κ1) is 18.1. The van der Waals surface area contributed by atoms with Crippen molar-refractivity contribution in [2.75, 3.05) is 0 Å². The second-order valence-corrected chi connectivity index (χ2v) is 6.20. The molecule has 0 atom stereocenters. The maximum Gasteiger partial charge on any atom is 0.344 e. The lowest BCUT2D eigenvalue weighted by Crippen LogP contribution is -2.21. The van der Waals surface area contributed by atoms with Crippen molar-refractivity contribution in [1.29, 1.82) is 0 Å². The average Bonchev–Trinajstić information content (AvgIpc) is 2.61. The van der Waals surface area contributed by atoms with E-state index in [1.807, 2.05) is 13.8 Å². The minimum absolute atomic E-state index is 0.0803. The fraction of sp³-hybridized carbons (Fsp3) is 0.211. The van der Waals surface area contributed by atoms with Gasteiger partial charge in [0, 0.05) is 24.0 Å². The summed E-state index contributed by atoms with van der Waals surface area (Å²) in [5.41, 5.74) is 1.24. The molecule has 0 spiro atoms. The number of ether oxygens (including phenoxy) is 1. The molecule has 2 heterocycles. The van der Waals surface area contributed by atoms with Gasteiger partial charge in [-0.25, -0.2) is 14.2 Å². The van der Waals surface area contributed by atoms with Crippen LogP contribution in [0.5, 0.6) is 0 Å². The minimum atomic E-state index is -0.764. The number of nitrogens with zero attached hydrogens (tertiary/aromatic N) is 2. The molecule has 0 saturated heterocycles. The Balaban J connectivity index is 1.94. The van der Waals surface area contributed by atoms with Gasteiger partial charge in [-0.3, -0.25) is 4.79 Å². The first-order valence-corrected chi connectivity index (χ1v) is 8.40. The van der Waals surface area contributed by atoms with Crippen LogP contribution in [0.3, 0.4) is 0 Å². The molecule has 5 nitrogen and oxygen atoms in total. The number of aryl methyl sites for hydroxylation is 2. The van der Waals surface area contributed by atoms with Gasteiger partial charge in [-0.05, 0) is 38.1 Å². The number of fused-ring (bicyclic) bond motifs is 1. The van der Waals surface area contributed by atoms with E-state index in [4.69, 9.17) is 16.3 Å². The van der Waals surface area contributed by atoms with E-state index in [9.17, 15) is 14.0 Å². The van der Waals surface area contributed by atoms with Crippen LogP contribution in [-0.4, -0.2) is 15.5 Å². The molecule has 0 aliphatic rings. The number of rotatable bonds is 4. The van der Waals surface area contributed by atoms with Crippen LogP contribution in [0.25, 0.3) is 11.0 Å². The minimum Gasteiger partial charge on any atom is -0.457 e. The SMILES string of the molecule is CCn1cc(C(=O)OCc2ccc(F)cc2Cl)c(=O)c2ccc(C)nc21. The molecule has 26 heavy (non-hydrogen) atoms. The summed E-state index contributed by atoms with van der Waals surface area (Å²) in [6.45, 7) is 4.10. The monoisotopic (exact) mass is 374 g/mol. The van der Waals surface area contributed by atoms with Gasteiger partial charge in [-0.15, -0.1) is 0 Å². The first-order chi connectivity index (χ1) is 12.4. The van der Waals surface area contributed by atoms with Crippen molar-refractivity contribution in [3.8, 4) is 0 Å². The van der Waals surface area contributed by atoms with Crippen molar-refractivity contribution >= 4 is 28.6 Å². The number of esters is 1. The Labute approximate surface area is 154 Å². The van der Waals surface area contributed by atoms with Gasteiger partial charge in [0.25, 0.3) is 0 Å². The van der Waals surface area contributed by atoms with Crippen LogP contribution >= 0.6 is 11.6 Å². The lowest BCUT2D eigenvalue weighted by Gasteiger charge is -2.11. The normalized spacial score (nSPS) is 10.9. The Hall–Kier alpha value is -2.73. The van der Waals surface area contributed by atoms with Gasteiger partial charge >= 0.3 is 5.97 Å². The number of benzene rings is 1. The van der Waals surface area contributed by atoms with Crippen LogP contribution in [0, 0.1) is 12.7 Å². The van der Waals surface area contributed by atoms with Crippen molar-refractivity contribution in [3.63, 3.8) is 0 Å². The summed E-state index contributed by atoms with van der Waals surface area (Å²) in [6.07, 6.45) is 1.45. The van der Waals surface area contributed by atoms with Crippen molar-refractivity contribution in [2.24, 2.45) is 0 Å². The van der Waals surface area contributed by atoms with E-state index in [-0.39, 0.29) is 17.2 Å². The maximum atomic E-state index is 13.1. The fourth-order valence-corrected chi connectivity index (χ4v) is 2.83. The molecule has 2 aromatic heterocycles. The highest BCUT2D eigenvalue weighted by Gasteiger charge is 2.18. The highest BCUT2D eigenvalue weighted by Crippen LogP contribution is 2.19. The Morgan fingerprint density at radius 2 is 2.08 bits per heavy atom. The van der Waals surface area contributed by atoms with Gasteiger partial charge in [-0.2, -0.15) is 0 Å². The molecule has 0 aliphatic heterocycles. The summed E-state index contributed by atoms with van der Waals surface area (Å²) >= 11 is 5.93. The number of hydrogen-bond acceptors (Lipinski definition) is 4. The molecule has 0 radical (unpaired) electrons. The molecule has 134 valence electrons. The number of halogens is 2. The number of pyridine rings is 2. The van der Waals surface area contributed by atoms with Crippen molar-refractivity contribution in [1.82, 2.24) is 9.55 Å². The van der Waals surface area contributed by atoms with Gasteiger partial charge in [0.1, 0.15) is 23.6 Å². The number of carbonyl (C=O) groups excluding carboxylic acids is 1. The average molecular weight is 375 g/mol. The molecule has 0 unspecified atom stereocenters. The van der Waals surface area contributed by atoms with E-state index in [1.165, 1.54) is 18.3 Å². The van der Waals surface area contributed by atoms with Gasteiger partial charge in [-0.1, -0.05) is 17.7 Å². The molecular weight excluding hydrogens is 359 g/mol. The van der Waals surface area contributed by atoms with E-state index in [1.54, 1.807) is 16.7 Å². The summed E-state index contributed by atoms with van der Waals surface area (Å²) in [5, 5.41) is 0.508. The smallest absolute Gasteiger partial charge is 0.344 e. The first-order valence-electron chi connectivity index (χ1n) is 8.02. The fourth-order valence-electron chi connectivity index (χ4n) is 2.61. The predicted octanol–water partition coefficient (Wildman–Crippen LogP) is 3.87. The Morgan fingerprint density at radius 1 is 1.31 bits per heavy atom. The molecule has 0 saturated carbocycles. The van der Waals surface area contributed by atoms with Crippen molar-refractivity contribution in [2.45, 2.75) is 27.0 Å². The largest absolute Gasteiger partial charge is 0.457 e. The lowest BCUT2D eigenvalue weighted by molar-refractivity contribution is 0.0470. The molecule has 0 amide bonds. The summed E-state index contributed by atoms with van der Waals surface area (Å²) in [6, 6.07) is 7.17. The molecule has 3 rings (SSSR count). The van der Waals surface area contributed by atoms with E-state index in [0.29, 0.717) is 23.1 Å². The highest BCUT2D eigenvalue weighted by atomic mass is 35.5. The van der Waals surface area contributed by atoms with Crippen LogP contribution in [0.2, 0.25) is 5.02 Å². The second-order valence-electron chi connectivity index (χ2n) is 5.79. The van der Waals surface area contributed by atoms with Crippen LogP contribution in [-0.2, 0) is 17.9 Å². The molecule has 3 aromatic rings. The Morgan fingerprint density at radius 3 is 2.77 bits per heavy atom. The zero-order valence-electron chi connectivity index (χ0n) is 14.3. The third-order valence-corrected chi connectivity index (χ3v) is 4.35. The van der Waals surface area contributed by atoms with Crippen LogP contribution in [0.15, 0.2) is 41.3 Å². The van der Waals surface area contributed by atoms with Gasteiger partial charge < -0.3 is 9.30 Å². The zero-order valence-corrected chi connectivity index (χ0v) is 15.0. The summed E-state index contributed by atoms with van der Waals surface area (Å²) < 4.78 is 20.0. The molecule has 1 aromatic carbocycles. The lowest BCUT2D eigenvalue weighted by atomic mass is 10.2. The summed E-state index contributed by atoms with van der Waals surface area (Å²) in [4.78, 5) is 29.4. The number of aromatic nitrogens is 2. The zero-order chi connectivity index (χ0) is 18.8. The number of hydrogen-bond donors (Lipinski definition) is 0. The number of carbonyl (C=O) groups is 1. The second kappa shape index (κ2) is 7.25. The van der Waals surface area contributed by atoms with Crippen LogP contribution in [0.1, 0.15) is 28.5 Å². The topological polar surface area (TPSA) is 61.2 Å². The third-order valence-electron chi connectivity index (χ3n) is 4.00. The van der Waals surface area contributed by atoms with Crippen molar-refractivity contribution in [3.05, 3.63) is 74.4 Å². The molecule has 7 heteroatoms. The predicted molar refractivity (Wildman–Crippen MR) is 96.9 cm³/mol. The maximum absolute atomic E-state index is 13.1. The quantitative estimate of drug-likeness (QED) is 0.650. The highest BCUT2D eigenvalue weighted by molar-refractivity contribution is 6.31. The van der Waals surface area contributed by atoms with E-state index < -0.39 is 17.2 Å². The summed E-state index contributed by atoms with van der Waals surface area (Å²) in [7, 11) is 0.